The van der Waals surface area contributed by atoms with Crippen LogP contribution < -0.4 is 0 Å². The van der Waals surface area contributed by atoms with Gasteiger partial charge in [0.15, 0.2) is 0 Å². The predicted octanol–water partition coefficient (Wildman–Crippen LogP) is 1.91. The molecule has 0 bridgehead atoms. The van der Waals surface area contributed by atoms with E-state index in [4.69, 9.17) is 5.11 Å². The molecule has 0 saturated heterocycles. The average Bonchev–Trinajstić information content (AvgIpc) is 2.83. The molecule has 0 saturated carbocycles. The largest absolute Gasteiger partial charge is 0.480 e. The summed E-state index contributed by atoms with van der Waals surface area (Å²) >= 11 is 0.583. The van der Waals surface area contributed by atoms with Crippen molar-refractivity contribution in [2.24, 2.45) is 0 Å². The number of carbonyl (C=O) groups is 2. The second-order valence-corrected chi connectivity index (χ2v) is 6.50. The summed E-state index contributed by atoms with van der Waals surface area (Å²) in [5.74, 6) is -2.54. The molecule has 10 heteroatoms. The molecule has 23 heavy (non-hydrogen) atoms. The number of nitrogens with zero attached hydrogens (tertiary/aromatic N) is 2. The third-order valence-electron chi connectivity index (χ3n) is 3.58. The molecule has 1 amide bonds. The standard InChI is InChI=1S/C13H17F3N2O4S/c1-7-6-23-9(17-7)12(22,13(14,15)16)5-8(19)18(4)11(2,3)10(20)21/h6,22H,5H2,1-4H3,(H,20,21). The van der Waals surface area contributed by atoms with Crippen LogP contribution in [0.25, 0.3) is 0 Å². The molecule has 0 radical (unpaired) electrons. The summed E-state index contributed by atoms with van der Waals surface area (Å²) in [5.41, 5.74) is -4.91. The maximum absolute atomic E-state index is 13.3. The van der Waals surface area contributed by atoms with Crippen molar-refractivity contribution in [2.75, 3.05) is 7.05 Å². The fourth-order valence-electron chi connectivity index (χ4n) is 1.63. The summed E-state index contributed by atoms with van der Waals surface area (Å²) in [4.78, 5) is 27.5. The molecule has 0 aliphatic rings. The van der Waals surface area contributed by atoms with Crippen molar-refractivity contribution in [1.82, 2.24) is 9.88 Å². The first-order valence-corrected chi connectivity index (χ1v) is 7.33. The molecule has 0 aromatic carbocycles. The lowest BCUT2D eigenvalue weighted by Gasteiger charge is -2.35. The molecule has 2 N–H and O–H groups in total. The van der Waals surface area contributed by atoms with Gasteiger partial charge in [-0.3, -0.25) is 4.79 Å². The molecule has 1 rings (SSSR count). The van der Waals surface area contributed by atoms with Gasteiger partial charge in [-0.25, -0.2) is 9.78 Å². The van der Waals surface area contributed by atoms with Crippen LogP contribution in [0.1, 0.15) is 31.0 Å². The van der Waals surface area contributed by atoms with Gasteiger partial charge in [0, 0.05) is 18.1 Å². The number of alkyl halides is 3. The van der Waals surface area contributed by atoms with Crippen molar-refractivity contribution in [3.05, 3.63) is 16.1 Å². The number of amides is 1. The number of carboxylic acid groups (broad SMARTS) is 1. The third-order valence-corrected chi connectivity index (χ3v) is 4.70. The van der Waals surface area contributed by atoms with Crippen LogP contribution in [0.3, 0.4) is 0 Å². The molecule has 1 unspecified atom stereocenters. The van der Waals surface area contributed by atoms with Crippen molar-refractivity contribution in [3.63, 3.8) is 0 Å². The Kier molecular flexibility index (Phi) is 5.12. The average molecular weight is 354 g/mol. The van der Waals surface area contributed by atoms with Gasteiger partial charge in [0.05, 0.1) is 6.42 Å². The van der Waals surface area contributed by atoms with Crippen LogP contribution >= 0.6 is 11.3 Å². The number of likely N-dealkylation sites (N-methyl/N-ethyl adjacent to an activating group) is 1. The maximum Gasteiger partial charge on any atom is 0.424 e. The minimum atomic E-state index is -5.14. The van der Waals surface area contributed by atoms with E-state index in [1.165, 1.54) is 26.2 Å². The number of aromatic nitrogens is 1. The van der Waals surface area contributed by atoms with Crippen molar-refractivity contribution < 1.29 is 33.0 Å². The van der Waals surface area contributed by atoms with Crippen LogP contribution in [-0.4, -0.2) is 50.7 Å². The van der Waals surface area contributed by atoms with E-state index in [9.17, 15) is 27.9 Å². The van der Waals surface area contributed by atoms with E-state index in [2.05, 4.69) is 4.98 Å². The van der Waals surface area contributed by atoms with E-state index >= 15 is 0 Å². The quantitative estimate of drug-likeness (QED) is 0.843. The molecule has 0 aliphatic heterocycles. The van der Waals surface area contributed by atoms with E-state index in [1.807, 2.05) is 0 Å². The lowest BCUT2D eigenvalue weighted by molar-refractivity contribution is -0.268. The number of rotatable bonds is 5. The Morgan fingerprint density at radius 1 is 1.35 bits per heavy atom. The van der Waals surface area contributed by atoms with Crippen LogP contribution in [0.5, 0.6) is 0 Å². The second kappa shape index (κ2) is 6.08. The summed E-state index contributed by atoms with van der Waals surface area (Å²) in [6.07, 6.45) is -6.49. The molecule has 130 valence electrons. The van der Waals surface area contributed by atoms with Crippen LogP contribution in [-0.2, 0) is 15.2 Å². The van der Waals surface area contributed by atoms with E-state index in [1.54, 1.807) is 0 Å². The Morgan fingerprint density at radius 2 is 1.87 bits per heavy atom. The SMILES string of the molecule is Cc1csc(C(O)(CC(=O)N(C)C(C)(C)C(=O)O)C(F)(F)F)n1. The number of hydrogen-bond acceptors (Lipinski definition) is 5. The highest BCUT2D eigenvalue weighted by molar-refractivity contribution is 7.09. The number of aliphatic carboxylic acids is 1. The highest BCUT2D eigenvalue weighted by atomic mass is 32.1. The molecule has 0 aliphatic carbocycles. The number of thiazole rings is 1. The van der Waals surface area contributed by atoms with E-state index in [0.29, 0.717) is 16.2 Å². The normalized spacial score (nSPS) is 15.1. The summed E-state index contributed by atoms with van der Waals surface area (Å²) < 4.78 is 39.9. The number of carboxylic acids is 1. The maximum atomic E-state index is 13.3. The van der Waals surface area contributed by atoms with Gasteiger partial charge in [-0.15, -0.1) is 11.3 Å². The second-order valence-electron chi connectivity index (χ2n) is 5.65. The highest BCUT2D eigenvalue weighted by Crippen LogP contribution is 2.43. The first-order valence-electron chi connectivity index (χ1n) is 6.45. The van der Waals surface area contributed by atoms with Gasteiger partial charge in [-0.1, -0.05) is 0 Å². The Balaban J connectivity index is 3.18. The van der Waals surface area contributed by atoms with Crippen LogP contribution in [0.15, 0.2) is 5.38 Å². The fourth-order valence-corrected chi connectivity index (χ4v) is 2.55. The van der Waals surface area contributed by atoms with E-state index in [-0.39, 0.29) is 5.69 Å². The van der Waals surface area contributed by atoms with Gasteiger partial charge in [0.2, 0.25) is 11.5 Å². The lowest BCUT2D eigenvalue weighted by atomic mass is 9.96. The number of aliphatic hydroxyl groups is 1. The zero-order valence-corrected chi connectivity index (χ0v) is 13.7. The predicted molar refractivity (Wildman–Crippen MR) is 75.9 cm³/mol. The van der Waals surface area contributed by atoms with E-state index in [0.717, 1.165) is 7.05 Å². The number of aryl methyl sites for hydroxylation is 1. The minimum absolute atomic E-state index is 0.277. The summed E-state index contributed by atoms with van der Waals surface area (Å²) in [6, 6.07) is 0. The van der Waals surface area contributed by atoms with Crippen LogP contribution in [0.4, 0.5) is 13.2 Å². The molecule has 0 spiro atoms. The fraction of sp³-hybridized carbons (Fsp3) is 0.615. The number of carbonyl (C=O) groups excluding carboxylic acids is 1. The van der Waals surface area contributed by atoms with Crippen molar-refractivity contribution in [2.45, 2.75) is 44.5 Å². The van der Waals surface area contributed by atoms with Gasteiger partial charge in [-0.05, 0) is 20.8 Å². The van der Waals surface area contributed by atoms with Gasteiger partial charge >= 0.3 is 12.1 Å². The Labute approximate surface area is 134 Å². The summed E-state index contributed by atoms with van der Waals surface area (Å²) in [7, 11) is 1.07. The van der Waals surface area contributed by atoms with Crippen LogP contribution in [0.2, 0.25) is 0 Å². The van der Waals surface area contributed by atoms with Crippen molar-refractivity contribution in [1.29, 1.82) is 0 Å². The Morgan fingerprint density at radius 3 is 2.22 bits per heavy atom. The van der Waals surface area contributed by atoms with Gasteiger partial charge in [-0.2, -0.15) is 13.2 Å². The van der Waals surface area contributed by atoms with Crippen molar-refractivity contribution >= 4 is 23.2 Å². The molecular formula is C13H17F3N2O4S. The Hall–Kier alpha value is -1.68. The van der Waals surface area contributed by atoms with Gasteiger partial charge < -0.3 is 15.1 Å². The number of halogens is 3. The van der Waals surface area contributed by atoms with Crippen LogP contribution in [0, 0.1) is 6.92 Å². The minimum Gasteiger partial charge on any atom is -0.480 e. The first kappa shape index (κ1) is 19.4. The smallest absolute Gasteiger partial charge is 0.424 e. The number of hydrogen-bond donors (Lipinski definition) is 2. The van der Waals surface area contributed by atoms with Gasteiger partial charge in [0.25, 0.3) is 0 Å². The zero-order valence-electron chi connectivity index (χ0n) is 12.9. The monoisotopic (exact) mass is 354 g/mol. The molecule has 0 fully saturated rings. The molecule has 1 aromatic heterocycles. The Bertz CT molecular complexity index is 615. The zero-order chi connectivity index (χ0) is 18.2. The highest BCUT2D eigenvalue weighted by Gasteiger charge is 2.59. The lowest BCUT2D eigenvalue weighted by Crippen LogP contribution is -2.54. The molecule has 1 atom stereocenters. The summed E-state index contributed by atoms with van der Waals surface area (Å²) in [5, 5.41) is 19.8. The molecular weight excluding hydrogens is 337 g/mol. The molecule has 6 nitrogen and oxygen atoms in total. The molecule has 1 heterocycles. The van der Waals surface area contributed by atoms with E-state index < -0.39 is 40.6 Å². The third kappa shape index (κ3) is 3.63. The molecule has 1 aromatic rings. The summed E-state index contributed by atoms with van der Waals surface area (Å²) in [6.45, 7) is 3.80. The first-order chi connectivity index (χ1) is 10.2. The topological polar surface area (TPSA) is 90.7 Å². The van der Waals surface area contributed by atoms with Crippen molar-refractivity contribution in [3.8, 4) is 0 Å². The van der Waals surface area contributed by atoms with Gasteiger partial charge in [0.1, 0.15) is 10.5 Å².